The van der Waals surface area contributed by atoms with Gasteiger partial charge in [-0.25, -0.2) is 0 Å². The maximum Gasteiger partial charge on any atom is 0.316 e. The van der Waals surface area contributed by atoms with E-state index in [1.54, 1.807) is 0 Å². The van der Waals surface area contributed by atoms with Crippen molar-refractivity contribution in [2.75, 3.05) is 64.2 Å². The monoisotopic (exact) mass is 505 g/mol. The van der Waals surface area contributed by atoms with Crippen LogP contribution in [0.2, 0.25) is 0 Å². The first-order valence-corrected chi connectivity index (χ1v) is 14.3. The number of rotatable bonds is 22. The molecule has 0 amide bonds. The third-order valence-electron chi connectivity index (χ3n) is 4.51. The standard InChI is InChI=1S/C24H43NO6S2/c1-5-9-11-15-28-18-13-22(29-16-10-6-2)19-31-24(27)21-33-32-20-23(26)30-17-12-14-25(7-3)8-4/h6,9-11,22H,5,7-8,12-21H2,1-4H3/b10-6+,11-9+. The van der Waals surface area contributed by atoms with E-state index in [0.29, 0.717) is 32.8 Å². The minimum absolute atomic E-state index is 0.166. The summed E-state index contributed by atoms with van der Waals surface area (Å²) in [5.41, 5.74) is 0. The third kappa shape index (κ3) is 21.3. The maximum absolute atomic E-state index is 12.0. The van der Waals surface area contributed by atoms with Gasteiger partial charge >= 0.3 is 11.9 Å². The average Bonchev–Trinajstić information content (AvgIpc) is 2.82. The molecule has 0 aliphatic heterocycles. The second-order valence-corrected chi connectivity index (χ2v) is 9.54. The number of ether oxygens (including phenoxy) is 4. The van der Waals surface area contributed by atoms with E-state index in [2.05, 4.69) is 31.7 Å². The highest BCUT2D eigenvalue weighted by atomic mass is 33.1. The Labute approximate surface area is 208 Å². The largest absolute Gasteiger partial charge is 0.465 e. The quantitative estimate of drug-likeness (QED) is 0.0913. The normalized spacial score (nSPS) is 12.6. The van der Waals surface area contributed by atoms with Crippen molar-refractivity contribution < 1.29 is 28.5 Å². The Balaban J connectivity index is 3.96. The molecule has 9 heteroatoms. The van der Waals surface area contributed by atoms with Gasteiger partial charge in [-0.3, -0.25) is 9.59 Å². The molecule has 0 aliphatic rings. The average molecular weight is 506 g/mol. The predicted molar refractivity (Wildman–Crippen MR) is 139 cm³/mol. The van der Waals surface area contributed by atoms with Crippen LogP contribution >= 0.6 is 21.6 Å². The number of carbonyl (C=O) groups excluding carboxylic acids is 2. The molecule has 0 heterocycles. The molecule has 33 heavy (non-hydrogen) atoms. The SMILES string of the molecule is C/C=C/COC(CCOC/C=C/CC)COC(=O)CSSCC(=O)OCCCN(CC)CC. The smallest absolute Gasteiger partial charge is 0.316 e. The van der Waals surface area contributed by atoms with E-state index in [0.717, 1.165) is 32.5 Å². The van der Waals surface area contributed by atoms with Gasteiger partial charge in [0.05, 0.1) is 25.9 Å². The van der Waals surface area contributed by atoms with Gasteiger partial charge in [-0.05, 0) is 32.9 Å². The highest BCUT2D eigenvalue weighted by molar-refractivity contribution is 8.77. The van der Waals surface area contributed by atoms with Crippen molar-refractivity contribution in [3.05, 3.63) is 24.3 Å². The first-order valence-electron chi connectivity index (χ1n) is 11.8. The molecule has 1 atom stereocenters. The number of carbonyl (C=O) groups is 2. The third-order valence-corrected chi connectivity index (χ3v) is 6.59. The number of esters is 2. The van der Waals surface area contributed by atoms with Crippen LogP contribution < -0.4 is 0 Å². The van der Waals surface area contributed by atoms with Crippen LogP contribution in [-0.2, 0) is 28.5 Å². The van der Waals surface area contributed by atoms with Gasteiger partial charge in [0.1, 0.15) is 18.1 Å². The van der Waals surface area contributed by atoms with Crippen LogP contribution in [0.25, 0.3) is 0 Å². The Hall–Kier alpha value is -1.00. The van der Waals surface area contributed by atoms with E-state index in [-0.39, 0.29) is 36.2 Å². The van der Waals surface area contributed by atoms with Crippen LogP contribution in [0.5, 0.6) is 0 Å². The van der Waals surface area contributed by atoms with Crippen LogP contribution in [0.1, 0.15) is 47.0 Å². The van der Waals surface area contributed by atoms with E-state index >= 15 is 0 Å². The Bertz CT molecular complexity index is 541. The lowest BCUT2D eigenvalue weighted by molar-refractivity contribution is -0.145. The first kappa shape index (κ1) is 32.0. The summed E-state index contributed by atoms with van der Waals surface area (Å²) in [5.74, 6) is -0.208. The molecule has 192 valence electrons. The number of hydrogen-bond donors (Lipinski definition) is 0. The molecule has 0 aromatic rings. The fourth-order valence-corrected chi connectivity index (χ4v) is 4.17. The molecular formula is C24H43NO6S2. The van der Waals surface area contributed by atoms with Crippen molar-refractivity contribution in [3.63, 3.8) is 0 Å². The summed E-state index contributed by atoms with van der Waals surface area (Å²) in [6.07, 6.45) is 10.1. The van der Waals surface area contributed by atoms with Crippen LogP contribution in [0, 0.1) is 0 Å². The van der Waals surface area contributed by atoms with Crippen LogP contribution in [0.4, 0.5) is 0 Å². The summed E-state index contributed by atoms with van der Waals surface area (Å²) in [7, 11) is 2.59. The Morgan fingerprint density at radius 1 is 0.909 bits per heavy atom. The lowest BCUT2D eigenvalue weighted by Gasteiger charge is -2.17. The van der Waals surface area contributed by atoms with E-state index < -0.39 is 0 Å². The molecule has 1 unspecified atom stereocenters. The summed E-state index contributed by atoms with van der Waals surface area (Å²) in [5, 5.41) is 0. The number of allylic oxidation sites excluding steroid dienone is 2. The highest BCUT2D eigenvalue weighted by Gasteiger charge is 2.13. The van der Waals surface area contributed by atoms with Gasteiger partial charge in [-0.2, -0.15) is 0 Å². The van der Waals surface area contributed by atoms with E-state index in [1.165, 1.54) is 21.6 Å². The van der Waals surface area contributed by atoms with Crippen LogP contribution in [0.15, 0.2) is 24.3 Å². The van der Waals surface area contributed by atoms with E-state index in [1.807, 2.05) is 25.2 Å². The van der Waals surface area contributed by atoms with Crippen molar-refractivity contribution in [3.8, 4) is 0 Å². The summed E-state index contributed by atoms with van der Waals surface area (Å²) < 4.78 is 21.9. The molecule has 0 aromatic heterocycles. The van der Waals surface area contributed by atoms with Gasteiger partial charge in [-0.1, -0.05) is 66.7 Å². The minimum Gasteiger partial charge on any atom is -0.465 e. The first-order chi connectivity index (χ1) is 16.1. The number of nitrogens with zero attached hydrogens (tertiary/aromatic N) is 1. The van der Waals surface area contributed by atoms with Crippen molar-refractivity contribution in [2.45, 2.75) is 53.1 Å². The van der Waals surface area contributed by atoms with Gasteiger partial charge in [0, 0.05) is 19.6 Å². The van der Waals surface area contributed by atoms with Crippen LogP contribution in [-0.4, -0.2) is 87.1 Å². The molecule has 0 spiro atoms. The molecule has 0 aliphatic carbocycles. The molecule has 0 bridgehead atoms. The second kappa shape index (κ2) is 24.1. The fourth-order valence-electron chi connectivity index (χ4n) is 2.57. The van der Waals surface area contributed by atoms with Crippen molar-refractivity contribution in [2.24, 2.45) is 0 Å². The molecule has 0 N–H and O–H groups in total. The topological polar surface area (TPSA) is 74.3 Å². The lowest BCUT2D eigenvalue weighted by atomic mass is 10.3. The molecule has 7 nitrogen and oxygen atoms in total. The zero-order valence-electron chi connectivity index (χ0n) is 20.8. The molecule has 0 radical (unpaired) electrons. The Morgan fingerprint density at radius 3 is 2.24 bits per heavy atom. The molecule has 0 saturated heterocycles. The van der Waals surface area contributed by atoms with Crippen molar-refractivity contribution >= 4 is 33.5 Å². The minimum atomic E-state index is -0.327. The maximum atomic E-state index is 12.0. The van der Waals surface area contributed by atoms with E-state index in [9.17, 15) is 9.59 Å². The zero-order chi connectivity index (χ0) is 24.6. The van der Waals surface area contributed by atoms with Gasteiger partial charge in [0.15, 0.2) is 0 Å². The lowest BCUT2D eigenvalue weighted by Crippen LogP contribution is -2.25. The van der Waals surface area contributed by atoms with Crippen molar-refractivity contribution in [1.29, 1.82) is 0 Å². The summed E-state index contributed by atoms with van der Waals surface area (Å²) in [6, 6.07) is 0. The summed E-state index contributed by atoms with van der Waals surface area (Å²) in [6.45, 7) is 13.4. The van der Waals surface area contributed by atoms with E-state index in [4.69, 9.17) is 18.9 Å². The summed E-state index contributed by atoms with van der Waals surface area (Å²) >= 11 is 0. The van der Waals surface area contributed by atoms with Gasteiger partial charge in [-0.15, -0.1) is 0 Å². The molecule has 0 fully saturated rings. The Kier molecular flexibility index (Phi) is 23.4. The highest BCUT2D eigenvalue weighted by Crippen LogP contribution is 2.21. The van der Waals surface area contributed by atoms with Gasteiger partial charge < -0.3 is 23.8 Å². The second-order valence-electron chi connectivity index (χ2n) is 7.08. The van der Waals surface area contributed by atoms with Gasteiger partial charge in [0.2, 0.25) is 0 Å². The molecule has 0 rings (SSSR count). The Morgan fingerprint density at radius 2 is 1.61 bits per heavy atom. The molecule has 0 saturated carbocycles. The summed E-state index contributed by atoms with van der Waals surface area (Å²) in [4.78, 5) is 26.1. The number of hydrogen-bond acceptors (Lipinski definition) is 9. The van der Waals surface area contributed by atoms with Crippen molar-refractivity contribution in [1.82, 2.24) is 4.90 Å². The van der Waals surface area contributed by atoms with Crippen LogP contribution in [0.3, 0.4) is 0 Å². The molecule has 0 aromatic carbocycles. The van der Waals surface area contributed by atoms with Gasteiger partial charge in [0.25, 0.3) is 0 Å². The predicted octanol–water partition coefficient (Wildman–Crippen LogP) is 4.52. The zero-order valence-corrected chi connectivity index (χ0v) is 22.4. The fraction of sp³-hybridized carbons (Fsp3) is 0.750. The molecular weight excluding hydrogens is 462 g/mol.